The molecule has 0 rings (SSSR count). The molecule has 0 aromatic heterocycles. The Labute approximate surface area is 131 Å². The maximum absolute atomic E-state index is 3.74. The minimum absolute atomic E-state index is 0. The molecule has 0 saturated carbocycles. The Morgan fingerprint density at radius 3 is 0.706 bits per heavy atom. The van der Waals surface area contributed by atoms with Crippen LogP contribution in [0.3, 0.4) is 0 Å². The molecule has 0 aliphatic carbocycles. The fourth-order valence-corrected chi connectivity index (χ4v) is 0. The fraction of sp³-hybridized carbons (Fsp3) is 0.857. The molecule has 0 bridgehead atoms. The van der Waals surface area contributed by atoms with E-state index >= 15 is 0 Å². The predicted molar refractivity (Wildman–Crippen MR) is 80.2 cm³/mol. The minimum atomic E-state index is 0. The minimum Gasteiger partial charge on any atom is -0.665 e. The second-order valence-corrected chi connectivity index (χ2v) is 4.26. The first-order valence-electron chi connectivity index (χ1n) is 5.94. The zero-order chi connectivity index (χ0) is 14.0. The summed E-state index contributed by atoms with van der Waals surface area (Å²) in [5.41, 5.74) is 0. The molecule has 0 aromatic rings. The molecule has 0 unspecified atom stereocenters. The van der Waals surface area contributed by atoms with E-state index in [-0.39, 0.29) is 25.8 Å². The van der Waals surface area contributed by atoms with E-state index < -0.39 is 0 Å². The van der Waals surface area contributed by atoms with Gasteiger partial charge in [-0.05, 0) is 0 Å². The second-order valence-electron chi connectivity index (χ2n) is 4.26. The number of hydrogen-bond donors (Lipinski definition) is 0. The molecule has 0 atom stereocenters. The van der Waals surface area contributed by atoms with Gasteiger partial charge in [0.2, 0.25) is 0 Å². The van der Waals surface area contributed by atoms with Crippen LogP contribution in [0.25, 0.3) is 10.6 Å². The van der Waals surface area contributed by atoms with Gasteiger partial charge in [0.1, 0.15) is 0 Å². The maximum atomic E-state index is 3.74. The van der Waals surface area contributed by atoms with Gasteiger partial charge >= 0.3 is 25.8 Å². The molecular formula is C14H34HfN2. The molecule has 2 nitrogen and oxygen atoms in total. The van der Waals surface area contributed by atoms with Crippen molar-refractivity contribution in [1.29, 1.82) is 0 Å². The molecule has 0 aromatic carbocycles. The molecule has 0 fully saturated rings. The third-order valence-corrected chi connectivity index (χ3v) is 0.632. The van der Waals surface area contributed by atoms with Crippen LogP contribution in [0.4, 0.5) is 0 Å². The van der Waals surface area contributed by atoms with Gasteiger partial charge in [-0.2, -0.15) is 68.7 Å². The number of nitrogens with zero attached hydrogens (tertiary/aromatic N) is 2. The quantitative estimate of drug-likeness (QED) is 0.440. The van der Waals surface area contributed by atoms with Crippen molar-refractivity contribution in [3.63, 3.8) is 0 Å². The van der Waals surface area contributed by atoms with Crippen molar-refractivity contribution < 1.29 is 25.8 Å². The van der Waals surface area contributed by atoms with Gasteiger partial charge in [-0.15, -0.1) is 0 Å². The first-order chi connectivity index (χ1) is 7.29. The molecule has 0 heterocycles. The summed E-state index contributed by atoms with van der Waals surface area (Å²) in [7, 11) is 3.61. The van der Waals surface area contributed by atoms with E-state index in [0.29, 0.717) is 0 Å². The Hall–Kier alpha value is 0.790. The van der Waals surface area contributed by atoms with Crippen LogP contribution in [-0.4, -0.2) is 27.2 Å². The molecule has 0 spiro atoms. The SMILES string of the molecule is CC[N-]C.CC[N-]C.C[C-](C)C.C[C-](C)C.[Hf+4]. The number of hydrogen-bond acceptors (Lipinski definition) is 0. The van der Waals surface area contributed by atoms with Crippen LogP contribution in [0, 0.1) is 11.8 Å². The molecule has 0 aliphatic rings. The molecule has 3 heteroatoms. The normalized spacial score (nSPS) is 7.76. The summed E-state index contributed by atoms with van der Waals surface area (Å²) in [5.74, 6) is 2.83. The molecule has 0 N–H and O–H groups in total. The van der Waals surface area contributed by atoms with Crippen molar-refractivity contribution in [1.82, 2.24) is 0 Å². The Morgan fingerprint density at radius 1 is 0.647 bits per heavy atom. The first-order valence-corrected chi connectivity index (χ1v) is 5.94. The summed E-state index contributed by atoms with van der Waals surface area (Å²) in [6.45, 7) is 18.4. The van der Waals surface area contributed by atoms with E-state index in [1.165, 1.54) is 11.8 Å². The molecule has 0 aliphatic heterocycles. The Morgan fingerprint density at radius 2 is 0.706 bits per heavy atom. The van der Waals surface area contributed by atoms with E-state index in [1.807, 2.05) is 13.8 Å². The third kappa shape index (κ3) is 472. The molecule has 17 heavy (non-hydrogen) atoms. The topological polar surface area (TPSA) is 28.2 Å². The van der Waals surface area contributed by atoms with Gasteiger partial charge in [-0.3, -0.25) is 0 Å². The molecule has 0 amide bonds. The Bertz CT molecular complexity index is 57.1. The van der Waals surface area contributed by atoms with Gasteiger partial charge in [0, 0.05) is 0 Å². The molecule has 104 valence electrons. The summed E-state index contributed by atoms with van der Waals surface area (Å²) >= 11 is 0. The van der Waals surface area contributed by atoms with Crippen molar-refractivity contribution in [2.45, 2.75) is 55.4 Å². The molecule has 0 saturated heterocycles. The third-order valence-electron chi connectivity index (χ3n) is 0.632. The van der Waals surface area contributed by atoms with Gasteiger partial charge in [0.05, 0.1) is 0 Å². The second kappa shape index (κ2) is 36.0. The smallest absolute Gasteiger partial charge is 0.665 e. The van der Waals surface area contributed by atoms with E-state index in [0.717, 1.165) is 13.1 Å². The Kier molecular flexibility index (Phi) is 64.8. The van der Waals surface area contributed by atoms with Crippen LogP contribution < -0.4 is 0 Å². The zero-order valence-corrected chi connectivity index (χ0v) is 17.4. The van der Waals surface area contributed by atoms with Crippen molar-refractivity contribution in [3.8, 4) is 0 Å². The predicted octanol–water partition coefficient (Wildman–Crippen LogP) is 5.26. The van der Waals surface area contributed by atoms with Gasteiger partial charge < -0.3 is 22.5 Å². The van der Waals surface area contributed by atoms with Crippen LogP contribution >= 0.6 is 0 Å². The van der Waals surface area contributed by atoms with Crippen LogP contribution in [0.15, 0.2) is 0 Å². The van der Waals surface area contributed by atoms with E-state index in [1.54, 1.807) is 14.1 Å². The van der Waals surface area contributed by atoms with Crippen LogP contribution in [0.1, 0.15) is 55.4 Å². The zero-order valence-electron chi connectivity index (χ0n) is 13.8. The van der Waals surface area contributed by atoms with Crippen molar-refractivity contribution in [3.05, 3.63) is 22.5 Å². The summed E-state index contributed by atoms with van der Waals surface area (Å²) in [4.78, 5) is 0. The van der Waals surface area contributed by atoms with Crippen molar-refractivity contribution in [2.24, 2.45) is 0 Å². The van der Waals surface area contributed by atoms with Gasteiger partial charge in [-0.25, -0.2) is 0 Å². The van der Waals surface area contributed by atoms with E-state index in [9.17, 15) is 0 Å². The standard InChI is InChI=1S/2C4H9.2C3H8N.Hf/c2*1-4(2)3;2*1-3-4-2;/h2*1-3H3;2*3H2,1-2H3;/q4*-1;+4. The molecular weight excluding hydrogens is 375 g/mol. The first kappa shape index (κ1) is 30.7. The van der Waals surface area contributed by atoms with Crippen LogP contribution in [0.2, 0.25) is 0 Å². The van der Waals surface area contributed by atoms with Gasteiger partial charge in [0.15, 0.2) is 0 Å². The largest absolute Gasteiger partial charge is 4.00 e. The summed E-state index contributed by atoms with van der Waals surface area (Å²) < 4.78 is 0. The van der Waals surface area contributed by atoms with E-state index in [2.05, 4.69) is 52.2 Å². The summed E-state index contributed by atoms with van der Waals surface area (Å²) in [5, 5.41) is 7.47. The average molecular weight is 409 g/mol. The van der Waals surface area contributed by atoms with Gasteiger partial charge in [-0.1, -0.05) is 13.8 Å². The van der Waals surface area contributed by atoms with Crippen LogP contribution in [0.5, 0.6) is 0 Å². The van der Waals surface area contributed by atoms with E-state index in [4.69, 9.17) is 0 Å². The van der Waals surface area contributed by atoms with Crippen LogP contribution in [-0.2, 0) is 25.8 Å². The summed E-state index contributed by atoms with van der Waals surface area (Å²) in [6.07, 6.45) is 0. The molecule has 0 radical (unpaired) electrons. The van der Waals surface area contributed by atoms with Gasteiger partial charge in [0.25, 0.3) is 0 Å². The maximum Gasteiger partial charge on any atom is 4.00 e. The Balaban J connectivity index is -0.0000000369. The van der Waals surface area contributed by atoms with Crippen molar-refractivity contribution >= 4 is 0 Å². The number of rotatable bonds is 2. The summed E-state index contributed by atoms with van der Waals surface area (Å²) in [6, 6.07) is 0. The fourth-order valence-electron chi connectivity index (χ4n) is 0. The van der Waals surface area contributed by atoms with Crippen molar-refractivity contribution in [2.75, 3.05) is 27.2 Å². The monoisotopic (exact) mass is 410 g/mol. The average Bonchev–Trinajstić information content (AvgIpc) is 2.16.